The lowest BCUT2D eigenvalue weighted by molar-refractivity contribution is -0.118. The van der Waals surface area contributed by atoms with Crippen molar-refractivity contribution in [3.8, 4) is 0 Å². The first kappa shape index (κ1) is 17.1. The molecule has 2 aromatic carbocycles. The molecule has 130 valence electrons. The van der Waals surface area contributed by atoms with Crippen LogP contribution in [0.15, 0.2) is 54.7 Å². The van der Waals surface area contributed by atoms with Crippen LogP contribution in [0.1, 0.15) is 26.3 Å². The largest absolute Gasteiger partial charge is 0.381 e. The first-order valence-corrected chi connectivity index (χ1v) is 8.80. The number of aromatic nitrogens is 1. The number of nitrogens with one attached hydrogen (secondary N) is 2. The lowest BCUT2D eigenvalue weighted by Gasteiger charge is -2.10. The molecule has 0 unspecified atom stereocenters. The van der Waals surface area contributed by atoms with Gasteiger partial charge in [0, 0.05) is 47.5 Å². The van der Waals surface area contributed by atoms with Crippen LogP contribution < -0.4 is 10.6 Å². The van der Waals surface area contributed by atoms with E-state index < -0.39 is 0 Å². The van der Waals surface area contributed by atoms with Crippen molar-refractivity contribution in [2.75, 3.05) is 10.6 Å². The van der Waals surface area contributed by atoms with Gasteiger partial charge in [-0.05, 0) is 42.8 Å². The van der Waals surface area contributed by atoms with Gasteiger partial charge in [0.15, 0.2) is 0 Å². The highest BCUT2D eigenvalue weighted by Gasteiger charge is 2.08. The number of rotatable bonds is 6. The third-order valence-corrected chi connectivity index (χ3v) is 4.37. The van der Waals surface area contributed by atoms with Crippen LogP contribution in [0, 0.1) is 5.92 Å². The Hall–Kier alpha value is -2.75. The van der Waals surface area contributed by atoms with Crippen LogP contribution in [-0.2, 0) is 17.9 Å². The van der Waals surface area contributed by atoms with Gasteiger partial charge in [0.25, 0.3) is 0 Å². The Kier molecular flexibility index (Phi) is 5.08. The summed E-state index contributed by atoms with van der Waals surface area (Å²) in [5.41, 5.74) is 4.42. The molecular formula is C21H25N3O. The van der Waals surface area contributed by atoms with Crippen molar-refractivity contribution in [1.82, 2.24) is 4.57 Å². The lowest BCUT2D eigenvalue weighted by atomic mass is 10.1. The fourth-order valence-electron chi connectivity index (χ4n) is 2.88. The second-order valence-electron chi connectivity index (χ2n) is 6.53. The Bertz CT molecular complexity index is 862. The van der Waals surface area contributed by atoms with Crippen LogP contribution >= 0.6 is 0 Å². The average Bonchev–Trinajstić information content (AvgIpc) is 2.99. The minimum atomic E-state index is -0.0197. The standard InChI is InChI=1S/C21H25N3O/c1-4-24-14-16(19-7-5-6-8-20(19)24)13-22-17-9-11-18(12-10-17)23-21(25)15(2)3/h5-12,14-15,22H,4,13H2,1-3H3,(H,23,25). The highest BCUT2D eigenvalue weighted by atomic mass is 16.1. The van der Waals surface area contributed by atoms with E-state index in [2.05, 4.69) is 52.6 Å². The van der Waals surface area contributed by atoms with Gasteiger partial charge in [0.1, 0.15) is 0 Å². The molecule has 25 heavy (non-hydrogen) atoms. The molecule has 0 aliphatic heterocycles. The second kappa shape index (κ2) is 7.43. The molecular weight excluding hydrogens is 310 g/mol. The van der Waals surface area contributed by atoms with Crippen molar-refractivity contribution in [2.24, 2.45) is 5.92 Å². The maximum Gasteiger partial charge on any atom is 0.226 e. The zero-order valence-corrected chi connectivity index (χ0v) is 15.0. The Morgan fingerprint density at radius 2 is 1.72 bits per heavy atom. The molecule has 3 aromatic rings. The molecule has 0 fully saturated rings. The van der Waals surface area contributed by atoms with Crippen molar-refractivity contribution < 1.29 is 4.79 Å². The Balaban J connectivity index is 1.69. The summed E-state index contributed by atoms with van der Waals surface area (Å²) < 4.78 is 2.27. The minimum absolute atomic E-state index is 0.0197. The van der Waals surface area contributed by atoms with E-state index in [1.54, 1.807) is 0 Å². The van der Waals surface area contributed by atoms with Gasteiger partial charge in [0.2, 0.25) is 5.91 Å². The molecule has 0 atom stereocenters. The number of benzene rings is 2. The highest BCUT2D eigenvalue weighted by Crippen LogP contribution is 2.23. The van der Waals surface area contributed by atoms with Crippen LogP contribution in [0.3, 0.4) is 0 Å². The van der Waals surface area contributed by atoms with Crippen LogP contribution in [0.2, 0.25) is 0 Å². The van der Waals surface area contributed by atoms with E-state index in [-0.39, 0.29) is 11.8 Å². The predicted octanol–water partition coefficient (Wildman–Crippen LogP) is 4.87. The first-order chi connectivity index (χ1) is 12.1. The van der Waals surface area contributed by atoms with Crippen LogP contribution in [-0.4, -0.2) is 10.5 Å². The number of aryl methyl sites for hydroxylation is 1. The molecule has 0 saturated carbocycles. The van der Waals surface area contributed by atoms with Crippen LogP contribution in [0.4, 0.5) is 11.4 Å². The summed E-state index contributed by atoms with van der Waals surface area (Å²) in [5, 5.41) is 7.66. The van der Waals surface area contributed by atoms with E-state index in [0.717, 1.165) is 24.5 Å². The number of carbonyl (C=O) groups is 1. The molecule has 2 N–H and O–H groups in total. The normalized spacial score (nSPS) is 11.0. The van der Waals surface area contributed by atoms with E-state index in [1.165, 1.54) is 16.5 Å². The van der Waals surface area contributed by atoms with E-state index in [9.17, 15) is 4.79 Å². The molecule has 3 rings (SSSR count). The van der Waals surface area contributed by atoms with Crippen LogP contribution in [0.25, 0.3) is 10.9 Å². The Morgan fingerprint density at radius 3 is 2.40 bits per heavy atom. The third-order valence-electron chi connectivity index (χ3n) is 4.37. The quantitative estimate of drug-likeness (QED) is 0.675. The monoisotopic (exact) mass is 335 g/mol. The number of carbonyl (C=O) groups excluding carboxylic acids is 1. The molecule has 1 amide bonds. The summed E-state index contributed by atoms with van der Waals surface area (Å²) in [6.45, 7) is 7.67. The highest BCUT2D eigenvalue weighted by molar-refractivity contribution is 5.92. The zero-order chi connectivity index (χ0) is 17.8. The van der Waals surface area contributed by atoms with E-state index >= 15 is 0 Å². The van der Waals surface area contributed by atoms with Crippen molar-refractivity contribution in [1.29, 1.82) is 0 Å². The Labute approximate surface area is 148 Å². The van der Waals surface area contributed by atoms with Gasteiger partial charge in [-0.25, -0.2) is 0 Å². The van der Waals surface area contributed by atoms with Gasteiger partial charge in [-0.2, -0.15) is 0 Å². The van der Waals surface area contributed by atoms with E-state index in [0.29, 0.717) is 0 Å². The molecule has 0 saturated heterocycles. The minimum Gasteiger partial charge on any atom is -0.381 e. The fraction of sp³-hybridized carbons (Fsp3) is 0.286. The van der Waals surface area contributed by atoms with Gasteiger partial charge in [-0.1, -0.05) is 32.0 Å². The van der Waals surface area contributed by atoms with E-state index in [1.807, 2.05) is 38.1 Å². The molecule has 4 heteroatoms. The number of para-hydroxylation sites is 1. The SMILES string of the molecule is CCn1cc(CNc2ccc(NC(=O)C(C)C)cc2)c2ccccc21. The molecule has 0 aliphatic rings. The number of nitrogens with zero attached hydrogens (tertiary/aromatic N) is 1. The summed E-state index contributed by atoms with van der Waals surface area (Å²) >= 11 is 0. The molecule has 1 heterocycles. The number of fused-ring (bicyclic) bond motifs is 1. The van der Waals surface area contributed by atoms with Gasteiger partial charge >= 0.3 is 0 Å². The molecule has 0 spiro atoms. The summed E-state index contributed by atoms with van der Waals surface area (Å²) in [5.74, 6) is 0.0155. The van der Waals surface area contributed by atoms with Gasteiger partial charge in [-0.3, -0.25) is 4.79 Å². The maximum absolute atomic E-state index is 11.7. The maximum atomic E-state index is 11.7. The fourth-order valence-corrected chi connectivity index (χ4v) is 2.88. The van der Waals surface area contributed by atoms with Crippen molar-refractivity contribution in [3.05, 3.63) is 60.3 Å². The van der Waals surface area contributed by atoms with E-state index in [4.69, 9.17) is 0 Å². The smallest absolute Gasteiger partial charge is 0.226 e. The van der Waals surface area contributed by atoms with Gasteiger partial charge in [0.05, 0.1) is 0 Å². The average molecular weight is 335 g/mol. The number of anilines is 2. The van der Waals surface area contributed by atoms with Crippen molar-refractivity contribution in [2.45, 2.75) is 33.9 Å². The van der Waals surface area contributed by atoms with Gasteiger partial charge < -0.3 is 15.2 Å². The molecule has 1 aromatic heterocycles. The zero-order valence-electron chi connectivity index (χ0n) is 15.0. The Morgan fingerprint density at radius 1 is 1.04 bits per heavy atom. The van der Waals surface area contributed by atoms with Crippen LogP contribution in [0.5, 0.6) is 0 Å². The van der Waals surface area contributed by atoms with Gasteiger partial charge in [-0.15, -0.1) is 0 Å². The molecule has 0 bridgehead atoms. The molecule has 0 radical (unpaired) electrons. The first-order valence-electron chi connectivity index (χ1n) is 8.80. The summed E-state index contributed by atoms with van der Waals surface area (Å²) in [6.07, 6.45) is 2.22. The summed E-state index contributed by atoms with van der Waals surface area (Å²) in [4.78, 5) is 11.7. The molecule has 0 aliphatic carbocycles. The summed E-state index contributed by atoms with van der Waals surface area (Å²) in [7, 11) is 0. The lowest BCUT2D eigenvalue weighted by Crippen LogP contribution is -2.17. The number of hydrogen-bond donors (Lipinski definition) is 2. The summed E-state index contributed by atoms with van der Waals surface area (Å²) in [6, 6.07) is 16.3. The number of amides is 1. The second-order valence-corrected chi connectivity index (χ2v) is 6.53. The van der Waals surface area contributed by atoms with Crippen molar-refractivity contribution in [3.63, 3.8) is 0 Å². The third kappa shape index (κ3) is 3.85. The van der Waals surface area contributed by atoms with Crippen molar-refractivity contribution >= 4 is 28.2 Å². The molecule has 4 nitrogen and oxygen atoms in total. The predicted molar refractivity (Wildman–Crippen MR) is 105 cm³/mol. The number of hydrogen-bond acceptors (Lipinski definition) is 2. The topological polar surface area (TPSA) is 46.1 Å².